The van der Waals surface area contributed by atoms with Crippen LogP contribution in [0, 0.1) is 5.92 Å². The first-order valence-corrected chi connectivity index (χ1v) is 17.2. The van der Waals surface area contributed by atoms with Crippen LogP contribution in [0.25, 0.3) is 0 Å². The summed E-state index contributed by atoms with van der Waals surface area (Å²) in [7, 11) is 0. The van der Waals surface area contributed by atoms with Crippen molar-refractivity contribution in [3.05, 3.63) is 29.8 Å². The molecule has 0 bridgehead atoms. The normalized spacial score (nSPS) is 22.5. The fourth-order valence-corrected chi connectivity index (χ4v) is 6.27. The van der Waals surface area contributed by atoms with E-state index >= 15 is 0 Å². The summed E-state index contributed by atoms with van der Waals surface area (Å²) < 4.78 is 4.36. The zero-order chi connectivity index (χ0) is 16.0. The molecule has 0 saturated heterocycles. The van der Waals surface area contributed by atoms with E-state index in [1.54, 1.807) is 0 Å². The van der Waals surface area contributed by atoms with Gasteiger partial charge in [-0.15, -0.1) is 0 Å². The molecule has 5 heteroatoms. The largest absolute Gasteiger partial charge is 0.494 e. The molecule has 124 valence electrons. The van der Waals surface area contributed by atoms with E-state index in [1.807, 2.05) is 0 Å². The van der Waals surface area contributed by atoms with Crippen LogP contribution in [0.3, 0.4) is 0 Å². The van der Waals surface area contributed by atoms with Gasteiger partial charge in [0.1, 0.15) is 5.75 Å². The molecule has 0 aliphatic heterocycles. The molecule has 1 aromatic carbocycles. The first-order valence-electron chi connectivity index (χ1n) is 8.27. The Balaban J connectivity index is 1.76. The maximum absolute atomic E-state index is 5.84. The lowest BCUT2D eigenvalue weighted by molar-refractivity contribution is 0.313. The Morgan fingerprint density at radius 1 is 1.05 bits per heavy atom. The molecule has 0 unspecified atom stereocenters. The molecule has 0 N–H and O–H groups in total. The summed E-state index contributed by atoms with van der Waals surface area (Å²) in [6, 6.07) is 9.92. The first kappa shape index (κ1) is 19.0. The lowest BCUT2D eigenvalue weighted by atomic mass is 9.78. The van der Waals surface area contributed by atoms with Crippen molar-refractivity contribution in [2.75, 3.05) is 6.61 Å². The van der Waals surface area contributed by atoms with Crippen LogP contribution in [0.15, 0.2) is 24.3 Å². The third kappa shape index (κ3) is 6.66. The van der Waals surface area contributed by atoms with Crippen molar-refractivity contribution < 1.29 is 4.74 Å². The molecule has 0 atom stereocenters. The van der Waals surface area contributed by atoms with Crippen LogP contribution in [0.5, 0.6) is 5.75 Å². The van der Waals surface area contributed by atoms with Gasteiger partial charge in [-0.05, 0) is 67.7 Å². The van der Waals surface area contributed by atoms with Crippen molar-refractivity contribution in [1.82, 2.24) is 0 Å². The Morgan fingerprint density at radius 2 is 1.68 bits per heavy atom. The van der Waals surface area contributed by atoms with Crippen LogP contribution in [-0.4, -0.2) is 10.5 Å². The third-order valence-corrected chi connectivity index (χ3v) is 9.14. The summed E-state index contributed by atoms with van der Waals surface area (Å²) in [5.41, 5.74) is 1.50. The molecule has 22 heavy (non-hydrogen) atoms. The highest BCUT2D eigenvalue weighted by Crippen LogP contribution is 2.37. The van der Waals surface area contributed by atoms with Gasteiger partial charge in [-0.3, -0.25) is 0 Å². The molecule has 0 spiro atoms. The van der Waals surface area contributed by atoms with Crippen LogP contribution in [0.2, 0.25) is 6.04 Å². The highest BCUT2D eigenvalue weighted by molar-refractivity contribution is 9.72. The second-order valence-electron chi connectivity index (χ2n) is 6.26. The average Bonchev–Trinajstić information content (AvgIpc) is 2.51. The second-order valence-corrected chi connectivity index (χ2v) is 29.8. The van der Waals surface area contributed by atoms with Crippen molar-refractivity contribution in [3.8, 4) is 5.75 Å². The lowest BCUT2D eigenvalue weighted by Crippen LogP contribution is -2.12. The Kier molecular flexibility index (Phi) is 7.98. The lowest BCUT2D eigenvalue weighted by Gasteiger charge is -2.28. The summed E-state index contributed by atoms with van der Waals surface area (Å²) in [5.74, 6) is 2.73. The van der Waals surface area contributed by atoms with Crippen molar-refractivity contribution in [3.63, 3.8) is 0 Å². The van der Waals surface area contributed by atoms with E-state index in [9.17, 15) is 0 Å². The maximum atomic E-state index is 5.84. The van der Waals surface area contributed by atoms with E-state index < -0.39 is 3.93 Å². The summed E-state index contributed by atoms with van der Waals surface area (Å²) in [6.45, 7) is 3.10. The Bertz CT molecular complexity index is 436. The molecule has 1 fully saturated rings. The van der Waals surface area contributed by atoms with Gasteiger partial charge in [-0.25, -0.2) is 0 Å². The van der Waals surface area contributed by atoms with Gasteiger partial charge in [0, 0.05) is 0 Å². The average molecular weight is 513 g/mol. The predicted molar refractivity (Wildman–Crippen MR) is 109 cm³/mol. The van der Waals surface area contributed by atoms with Crippen molar-refractivity contribution in [2.45, 2.75) is 57.4 Å². The quantitative estimate of drug-likeness (QED) is 0.212. The van der Waals surface area contributed by atoms with Crippen LogP contribution in [0.1, 0.15) is 56.9 Å². The molecular weight excluding hydrogens is 488 g/mol. The Labute approximate surface area is 159 Å². The summed E-state index contributed by atoms with van der Waals surface area (Å²) in [5, 5.41) is 0. The molecule has 1 aliphatic rings. The van der Waals surface area contributed by atoms with Gasteiger partial charge in [0.05, 0.1) is 6.61 Å². The Morgan fingerprint density at radius 3 is 2.23 bits per heavy atom. The molecule has 0 radical (unpaired) electrons. The zero-order valence-corrected chi connectivity index (χ0v) is 18.9. The van der Waals surface area contributed by atoms with Gasteiger partial charge in [0.25, 0.3) is 3.93 Å². The van der Waals surface area contributed by atoms with Gasteiger partial charge in [-0.1, -0.05) is 71.4 Å². The van der Waals surface area contributed by atoms with Gasteiger partial charge < -0.3 is 4.74 Å². The minimum atomic E-state index is -1.48. The molecule has 1 aliphatic carbocycles. The predicted octanol–water partition coefficient (Wildman–Crippen LogP) is 7.26. The highest BCUT2D eigenvalue weighted by Gasteiger charge is 2.22. The Hall–Kier alpha value is 0.677. The number of hydrogen-bond acceptors (Lipinski definition) is 1. The van der Waals surface area contributed by atoms with Crippen LogP contribution >= 0.6 is 45.9 Å². The van der Waals surface area contributed by atoms with E-state index in [4.69, 9.17) is 4.74 Å². The summed E-state index contributed by atoms with van der Waals surface area (Å²) >= 11 is 10.9. The van der Waals surface area contributed by atoms with Crippen molar-refractivity contribution in [1.29, 1.82) is 0 Å². The summed E-state index contributed by atoms with van der Waals surface area (Å²) in [4.78, 5) is 0. The topological polar surface area (TPSA) is 9.23 Å². The SMILES string of the molecule is CC[C@H]1CC[C@H](c2ccc(OCCC[Si](Br)(Br)Br)cc2)CC1. The van der Waals surface area contributed by atoms with Crippen molar-refractivity contribution in [2.24, 2.45) is 5.92 Å². The highest BCUT2D eigenvalue weighted by atomic mass is 80.0. The van der Waals surface area contributed by atoms with Crippen LogP contribution in [-0.2, 0) is 0 Å². The number of rotatable bonds is 7. The van der Waals surface area contributed by atoms with E-state index in [2.05, 4.69) is 77.1 Å². The molecule has 0 amide bonds. The minimum absolute atomic E-state index is 0.763. The van der Waals surface area contributed by atoms with Crippen molar-refractivity contribution >= 4 is 49.8 Å². The van der Waals surface area contributed by atoms with E-state index in [0.29, 0.717) is 0 Å². The number of hydrogen-bond donors (Lipinski definition) is 0. The fraction of sp³-hybridized carbons (Fsp3) is 0.647. The minimum Gasteiger partial charge on any atom is -0.494 e. The third-order valence-electron chi connectivity index (χ3n) is 4.65. The number of halogens is 3. The molecule has 1 aromatic rings. The van der Waals surface area contributed by atoms with Gasteiger partial charge in [0.2, 0.25) is 0 Å². The smallest absolute Gasteiger partial charge is 0.267 e. The zero-order valence-electron chi connectivity index (χ0n) is 13.2. The fourth-order valence-electron chi connectivity index (χ4n) is 3.20. The van der Waals surface area contributed by atoms with E-state index in [1.165, 1.54) is 37.7 Å². The monoisotopic (exact) mass is 510 g/mol. The molecule has 0 heterocycles. The van der Waals surface area contributed by atoms with E-state index in [-0.39, 0.29) is 0 Å². The van der Waals surface area contributed by atoms with Gasteiger partial charge >= 0.3 is 0 Å². The molecule has 0 aromatic heterocycles. The van der Waals surface area contributed by atoms with Gasteiger partial charge in [-0.2, -0.15) is 0 Å². The molecule has 2 rings (SSSR count). The number of benzene rings is 1. The first-order chi connectivity index (χ1) is 10.5. The van der Waals surface area contributed by atoms with E-state index in [0.717, 1.165) is 36.7 Å². The standard InChI is InChI=1S/C17H25Br3OSi/c1-2-14-4-6-15(7-5-14)16-8-10-17(11-9-16)21-12-3-13-22(18,19)20/h8-11,14-15H,2-7,12-13H2,1H3/t14-,15-. The summed E-state index contributed by atoms with van der Waals surface area (Å²) in [6.07, 6.45) is 7.91. The van der Waals surface area contributed by atoms with Gasteiger partial charge in [0.15, 0.2) is 0 Å². The molecular formula is C17H25Br3OSi. The van der Waals surface area contributed by atoms with Crippen LogP contribution < -0.4 is 4.74 Å². The number of ether oxygens (including phenoxy) is 1. The van der Waals surface area contributed by atoms with Crippen LogP contribution in [0.4, 0.5) is 0 Å². The maximum Gasteiger partial charge on any atom is 0.267 e. The second kappa shape index (κ2) is 9.24. The molecule has 1 saturated carbocycles. The molecule has 1 nitrogen and oxygen atoms in total.